The van der Waals surface area contributed by atoms with Crippen LogP contribution in [0.1, 0.15) is 34.7 Å². The molecule has 0 saturated carbocycles. The van der Waals surface area contributed by atoms with Crippen LogP contribution in [-0.2, 0) is 6.42 Å². The second-order valence-electron chi connectivity index (χ2n) is 9.23. The third-order valence-electron chi connectivity index (χ3n) is 7.17. The van der Waals surface area contributed by atoms with Gasteiger partial charge in [-0.15, -0.1) is 0 Å². The number of halogens is 1. The topological polar surface area (TPSA) is 34.4 Å². The summed E-state index contributed by atoms with van der Waals surface area (Å²) in [6.45, 7) is 0. The third kappa shape index (κ3) is 3.31. The molecule has 1 atom stereocenters. The van der Waals surface area contributed by atoms with Gasteiger partial charge in [-0.1, -0.05) is 90.2 Å². The smallest absolute Gasteiger partial charge is 0.271 e. The van der Waals surface area contributed by atoms with Crippen molar-refractivity contribution >= 4 is 33.9 Å². The molecule has 0 bridgehead atoms. The molecule has 2 heterocycles. The van der Waals surface area contributed by atoms with Gasteiger partial charge in [0, 0.05) is 5.56 Å². The Morgan fingerprint density at radius 1 is 0.889 bits per heavy atom. The molecule has 0 saturated heterocycles. The number of hydrogen-bond donors (Lipinski definition) is 0. The number of fused-ring (bicyclic) bond motifs is 4. The monoisotopic (exact) mass is 488 g/mol. The van der Waals surface area contributed by atoms with E-state index in [0.717, 1.165) is 51.6 Å². The highest BCUT2D eigenvalue weighted by Gasteiger charge is 2.32. The summed E-state index contributed by atoms with van der Waals surface area (Å²) >= 11 is 1.42. The fraction of sp³-hybridized carbons (Fsp3) is 0.0968. The molecule has 4 aromatic carbocycles. The number of rotatable bonds is 2. The molecule has 1 aliphatic carbocycles. The SMILES string of the molecule is O=c1/c(=C\c2cccc3ccccc23)sc2n1[C@H](c1ccc(F)cc1)C1=C(N=2)c2ccccc2CC1. The maximum Gasteiger partial charge on any atom is 0.271 e. The summed E-state index contributed by atoms with van der Waals surface area (Å²) < 4.78 is 16.3. The van der Waals surface area contributed by atoms with Crippen LogP contribution in [0.4, 0.5) is 4.39 Å². The molecular formula is C31H21FN2OS. The maximum atomic E-state index is 13.9. The van der Waals surface area contributed by atoms with Crippen molar-refractivity contribution in [3.05, 3.63) is 144 Å². The lowest BCUT2D eigenvalue weighted by Crippen LogP contribution is -2.38. The Labute approximate surface area is 210 Å². The number of aryl methyl sites for hydroxylation is 1. The van der Waals surface area contributed by atoms with Crippen molar-refractivity contribution in [3.8, 4) is 0 Å². The average molecular weight is 489 g/mol. The lowest BCUT2D eigenvalue weighted by Gasteiger charge is -2.30. The minimum Gasteiger partial charge on any atom is -0.272 e. The van der Waals surface area contributed by atoms with Crippen molar-refractivity contribution in [1.29, 1.82) is 0 Å². The molecule has 5 aromatic rings. The molecule has 3 nitrogen and oxygen atoms in total. The number of nitrogens with zero attached hydrogens (tertiary/aromatic N) is 2. The van der Waals surface area contributed by atoms with E-state index in [1.165, 1.54) is 29.0 Å². The molecular weight excluding hydrogens is 467 g/mol. The molecule has 0 N–H and O–H groups in total. The van der Waals surface area contributed by atoms with Crippen LogP contribution in [0.15, 0.2) is 106 Å². The van der Waals surface area contributed by atoms with Crippen LogP contribution in [0.5, 0.6) is 0 Å². The standard InChI is InChI=1S/C31H21FN2OS/c32-23-15-12-21(13-16-23)29-26-17-14-20-7-2-4-11-25(20)28(26)33-31-34(29)30(35)27(36-31)18-22-9-5-8-19-6-1-3-10-24(19)22/h1-13,15-16,18,29H,14,17H2/b27-18+/t29-/m1/s1. The van der Waals surface area contributed by atoms with Crippen molar-refractivity contribution < 1.29 is 4.39 Å². The van der Waals surface area contributed by atoms with Crippen LogP contribution in [0.25, 0.3) is 22.5 Å². The van der Waals surface area contributed by atoms with Gasteiger partial charge in [-0.25, -0.2) is 9.38 Å². The number of thiazole rings is 1. The highest BCUT2D eigenvalue weighted by molar-refractivity contribution is 7.07. The zero-order chi connectivity index (χ0) is 24.2. The molecule has 5 heteroatoms. The predicted molar refractivity (Wildman–Crippen MR) is 143 cm³/mol. The Morgan fingerprint density at radius 2 is 1.67 bits per heavy atom. The summed E-state index contributed by atoms with van der Waals surface area (Å²) in [5.41, 5.74) is 6.30. The molecule has 0 amide bonds. The van der Waals surface area contributed by atoms with Gasteiger partial charge in [0.1, 0.15) is 5.82 Å². The minimum absolute atomic E-state index is 0.0635. The fourth-order valence-electron chi connectivity index (χ4n) is 5.49. The lowest BCUT2D eigenvalue weighted by atomic mass is 9.83. The Morgan fingerprint density at radius 3 is 2.56 bits per heavy atom. The van der Waals surface area contributed by atoms with E-state index in [4.69, 9.17) is 4.99 Å². The van der Waals surface area contributed by atoms with E-state index in [-0.39, 0.29) is 17.4 Å². The van der Waals surface area contributed by atoms with Gasteiger partial charge < -0.3 is 0 Å². The average Bonchev–Trinajstić information content (AvgIpc) is 3.22. The van der Waals surface area contributed by atoms with Crippen molar-refractivity contribution in [1.82, 2.24) is 4.57 Å². The number of aromatic nitrogens is 1. The largest absolute Gasteiger partial charge is 0.272 e. The van der Waals surface area contributed by atoms with E-state index in [0.29, 0.717) is 9.33 Å². The van der Waals surface area contributed by atoms with E-state index < -0.39 is 0 Å². The molecule has 36 heavy (non-hydrogen) atoms. The molecule has 1 aromatic heterocycles. The van der Waals surface area contributed by atoms with Gasteiger partial charge in [0.2, 0.25) is 0 Å². The molecule has 0 fully saturated rings. The molecule has 0 unspecified atom stereocenters. The van der Waals surface area contributed by atoms with Crippen LogP contribution in [-0.4, -0.2) is 4.57 Å². The number of benzene rings is 4. The highest BCUT2D eigenvalue weighted by Crippen LogP contribution is 2.41. The first-order valence-corrected chi connectivity index (χ1v) is 12.9. The molecule has 7 rings (SSSR count). The molecule has 0 radical (unpaired) electrons. The van der Waals surface area contributed by atoms with Crippen LogP contribution in [0, 0.1) is 5.82 Å². The first-order valence-electron chi connectivity index (χ1n) is 12.0. The van der Waals surface area contributed by atoms with Crippen LogP contribution in [0.2, 0.25) is 0 Å². The second-order valence-corrected chi connectivity index (χ2v) is 10.2. The normalized spacial score (nSPS) is 16.9. The lowest BCUT2D eigenvalue weighted by molar-refractivity contribution is 0.581. The molecule has 1 aliphatic heterocycles. The zero-order valence-electron chi connectivity index (χ0n) is 19.3. The Hall–Kier alpha value is -4.09. The Balaban J connectivity index is 1.50. The zero-order valence-corrected chi connectivity index (χ0v) is 20.1. The van der Waals surface area contributed by atoms with Gasteiger partial charge in [-0.2, -0.15) is 0 Å². The van der Waals surface area contributed by atoms with Gasteiger partial charge in [-0.05, 0) is 64.1 Å². The van der Waals surface area contributed by atoms with E-state index in [2.05, 4.69) is 36.4 Å². The molecule has 0 spiro atoms. The highest BCUT2D eigenvalue weighted by atomic mass is 32.1. The van der Waals surface area contributed by atoms with Crippen molar-refractivity contribution in [2.75, 3.05) is 0 Å². The first kappa shape index (κ1) is 21.2. The van der Waals surface area contributed by atoms with E-state index in [9.17, 15) is 9.18 Å². The van der Waals surface area contributed by atoms with Crippen molar-refractivity contribution in [2.45, 2.75) is 18.9 Å². The maximum absolute atomic E-state index is 13.9. The second kappa shape index (κ2) is 8.25. The van der Waals surface area contributed by atoms with Crippen LogP contribution in [0.3, 0.4) is 0 Å². The predicted octanol–water partition coefficient (Wildman–Crippen LogP) is 5.61. The van der Waals surface area contributed by atoms with Crippen LogP contribution < -0.4 is 14.9 Å². The summed E-state index contributed by atoms with van der Waals surface area (Å²) in [6, 6.07) is 28.9. The Kier molecular flexibility index (Phi) is 4.86. The number of allylic oxidation sites excluding steroid dienone is 1. The summed E-state index contributed by atoms with van der Waals surface area (Å²) in [4.78, 5) is 19.6. The fourth-order valence-corrected chi connectivity index (χ4v) is 6.48. The van der Waals surface area contributed by atoms with E-state index >= 15 is 0 Å². The first-order chi connectivity index (χ1) is 17.7. The summed E-state index contributed by atoms with van der Waals surface area (Å²) in [5.74, 6) is -0.287. The molecule has 174 valence electrons. The quantitative estimate of drug-likeness (QED) is 0.318. The van der Waals surface area contributed by atoms with Gasteiger partial charge in [0.15, 0.2) is 4.80 Å². The van der Waals surface area contributed by atoms with Crippen molar-refractivity contribution in [3.63, 3.8) is 0 Å². The molecule has 2 aliphatic rings. The van der Waals surface area contributed by atoms with Gasteiger partial charge in [0.25, 0.3) is 5.56 Å². The van der Waals surface area contributed by atoms with Gasteiger partial charge in [0.05, 0.1) is 16.3 Å². The van der Waals surface area contributed by atoms with E-state index in [1.54, 1.807) is 12.1 Å². The van der Waals surface area contributed by atoms with E-state index in [1.807, 2.05) is 41.0 Å². The summed E-state index contributed by atoms with van der Waals surface area (Å²) in [5, 5.41) is 2.24. The number of hydrogen-bond acceptors (Lipinski definition) is 3. The van der Waals surface area contributed by atoms with Gasteiger partial charge in [-0.3, -0.25) is 9.36 Å². The summed E-state index contributed by atoms with van der Waals surface area (Å²) in [6.07, 6.45) is 3.68. The van der Waals surface area contributed by atoms with Crippen molar-refractivity contribution in [2.24, 2.45) is 4.99 Å². The third-order valence-corrected chi connectivity index (χ3v) is 8.15. The van der Waals surface area contributed by atoms with Crippen LogP contribution >= 0.6 is 11.3 Å². The summed E-state index contributed by atoms with van der Waals surface area (Å²) in [7, 11) is 0. The minimum atomic E-state index is -0.306. The Bertz CT molecular complexity index is 1870. The van der Waals surface area contributed by atoms with Gasteiger partial charge >= 0.3 is 0 Å².